The van der Waals surface area contributed by atoms with Gasteiger partial charge < -0.3 is 9.26 Å². The van der Waals surface area contributed by atoms with Crippen LogP contribution in [-0.2, 0) is 21.4 Å². The maximum Gasteiger partial charge on any atom is 0.338 e. The molecule has 0 bridgehead atoms. The molecule has 32 heavy (non-hydrogen) atoms. The first-order chi connectivity index (χ1) is 15.3. The highest BCUT2D eigenvalue weighted by molar-refractivity contribution is 7.89. The topological polar surface area (TPSA) is 103 Å². The summed E-state index contributed by atoms with van der Waals surface area (Å²) in [5.74, 6) is -0.905. The number of aromatic nitrogens is 2. The monoisotopic (exact) mass is 459 g/mol. The summed E-state index contributed by atoms with van der Waals surface area (Å²) in [5.41, 5.74) is 1.03. The van der Waals surface area contributed by atoms with Crippen molar-refractivity contribution in [3.63, 3.8) is 0 Å². The van der Waals surface area contributed by atoms with Crippen LogP contribution >= 0.6 is 0 Å². The van der Waals surface area contributed by atoms with Crippen molar-refractivity contribution < 1.29 is 26.9 Å². The van der Waals surface area contributed by atoms with Crippen molar-refractivity contribution in [2.45, 2.75) is 37.7 Å². The molecule has 2 heterocycles. The first kappa shape index (κ1) is 22.1. The molecule has 0 unspecified atom stereocenters. The number of carbonyl (C=O) groups excluding carboxylic acids is 1. The van der Waals surface area contributed by atoms with Crippen molar-refractivity contribution in [2.24, 2.45) is 0 Å². The quantitative estimate of drug-likeness (QED) is 0.518. The molecule has 10 heteroatoms. The van der Waals surface area contributed by atoms with Crippen LogP contribution in [0.1, 0.15) is 41.1 Å². The number of aryl methyl sites for hydroxylation is 1. The van der Waals surface area contributed by atoms with Gasteiger partial charge in [0.2, 0.25) is 15.8 Å². The summed E-state index contributed by atoms with van der Waals surface area (Å²) < 4.78 is 51.1. The largest absolute Gasteiger partial charge is 0.452 e. The zero-order chi connectivity index (χ0) is 22.7. The van der Waals surface area contributed by atoms with Crippen molar-refractivity contribution in [3.8, 4) is 11.4 Å². The number of hydrogen-bond donors (Lipinski definition) is 0. The van der Waals surface area contributed by atoms with Crippen LogP contribution in [0.25, 0.3) is 11.4 Å². The van der Waals surface area contributed by atoms with Gasteiger partial charge >= 0.3 is 5.97 Å². The van der Waals surface area contributed by atoms with E-state index in [0.29, 0.717) is 24.2 Å². The minimum atomic E-state index is -3.67. The molecule has 1 aliphatic heterocycles. The smallest absolute Gasteiger partial charge is 0.338 e. The van der Waals surface area contributed by atoms with Crippen LogP contribution in [0.15, 0.2) is 51.9 Å². The molecule has 1 aliphatic rings. The Balaban J connectivity index is 1.43. The number of piperidine rings is 1. The average Bonchev–Trinajstić information content (AvgIpc) is 3.29. The van der Waals surface area contributed by atoms with Gasteiger partial charge in [0.05, 0.1) is 10.5 Å². The van der Waals surface area contributed by atoms with E-state index in [0.717, 1.165) is 19.3 Å². The van der Waals surface area contributed by atoms with Crippen LogP contribution in [0.3, 0.4) is 0 Å². The Hall–Kier alpha value is -3.11. The fourth-order valence-corrected chi connectivity index (χ4v) is 4.97. The molecule has 0 spiro atoms. The Labute approximate surface area is 185 Å². The summed E-state index contributed by atoms with van der Waals surface area (Å²) in [6, 6.07) is 10.3. The van der Waals surface area contributed by atoms with E-state index in [9.17, 15) is 17.6 Å². The van der Waals surface area contributed by atoms with Gasteiger partial charge in [0.15, 0.2) is 6.61 Å². The molecule has 0 aliphatic carbocycles. The highest BCUT2D eigenvalue weighted by Crippen LogP contribution is 2.22. The van der Waals surface area contributed by atoms with Crippen molar-refractivity contribution >= 4 is 16.0 Å². The number of rotatable bonds is 6. The van der Waals surface area contributed by atoms with E-state index in [1.165, 1.54) is 34.6 Å². The molecular formula is C22H22FN3O5S. The fourth-order valence-electron chi connectivity index (χ4n) is 3.41. The molecule has 8 nitrogen and oxygen atoms in total. The maximum atomic E-state index is 13.7. The first-order valence-corrected chi connectivity index (χ1v) is 11.6. The number of ether oxygens (including phenoxy) is 1. The van der Waals surface area contributed by atoms with E-state index < -0.39 is 16.0 Å². The van der Waals surface area contributed by atoms with Gasteiger partial charge in [0.1, 0.15) is 5.82 Å². The normalized spacial score (nSPS) is 14.9. The summed E-state index contributed by atoms with van der Waals surface area (Å²) in [4.78, 5) is 16.6. The van der Waals surface area contributed by atoms with Gasteiger partial charge in [0.25, 0.3) is 5.89 Å². The molecule has 0 amide bonds. The second kappa shape index (κ2) is 9.17. The molecule has 0 N–H and O–H groups in total. The van der Waals surface area contributed by atoms with Gasteiger partial charge in [-0.05, 0) is 49.6 Å². The lowest BCUT2D eigenvalue weighted by Gasteiger charge is -2.25. The number of carbonyl (C=O) groups is 1. The number of esters is 1. The third kappa shape index (κ3) is 4.71. The third-order valence-electron chi connectivity index (χ3n) is 5.25. The minimum absolute atomic E-state index is 0.0337. The number of sulfonamides is 1. The molecule has 2 aromatic carbocycles. The maximum absolute atomic E-state index is 13.7. The molecule has 1 fully saturated rings. The van der Waals surface area contributed by atoms with Gasteiger partial charge in [0, 0.05) is 18.7 Å². The second-order valence-electron chi connectivity index (χ2n) is 7.54. The van der Waals surface area contributed by atoms with Crippen LogP contribution in [0.2, 0.25) is 0 Å². The van der Waals surface area contributed by atoms with Crippen molar-refractivity contribution in [1.82, 2.24) is 14.4 Å². The zero-order valence-electron chi connectivity index (χ0n) is 17.5. The number of nitrogens with zero attached hydrogens (tertiary/aromatic N) is 3. The number of halogens is 1. The van der Waals surface area contributed by atoms with E-state index in [1.54, 1.807) is 19.1 Å². The molecule has 0 saturated carbocycles. The summed E-state index contributed by atoms with van der Waals surface area (Å²) in [7, 11) is -3.67. The van der Waals surface area contributed by atoms with E-state index in [2.05, 4.69) is 10.1 Å². The van der Waals surface area contributed by atoms with E-state index in [-0.39, 0.29) is 34.6 Å². The summed E-state index contributed by atoms with van der Waals surface area (Å²) in [6.45, 7) is 2.29. The molecule has 1 aromatic heterocycles. The lowest BCUT2D eigenvalue weighted by molar-refractivity contribution is 0.0429. The van der Waals surface area contributed by atoms with Gasteiger partial charge in [-0.1, -0.05) is 29.8 Å². The number of benzene rings is 2. The number of hydrogen-bond acceptors (Lipinski definition) is 7. The first-order valence-electron chi connectivity index (χ1n) is 10.2. The van der Waals surface area contributed by atoms with Gasteiger partial charge in [-0.25, -0.2) is 17.6 Å². The highest BCUT2D eigenvalue weighted by atomic mass is 32.2. The molecular weight excluding hydrogens is 437 g/mol. The summed E-state index contributed by atoms with van der Waals surface area (Å²) in [6.07, 6.45) is 2.65. The lowest BCUT2D eigenvalue weighted by Crippen LogP contribution is -2.35. The van der Waals surface area contributed by atoms with Crippen LogP contribution in [-0.4, -0.2) is 41.9 Å². The van der Waals surface area contributed by atoms with Crippen LogP contribution in [0, 0.1) is 12.7 Å². The van der Waals surface area contributed by atoms with Crippen LogP contribution < -0.4 is 0 Å². The Morgan fingerprint density at radius 2 is 1.94 bits per heavy atom. The summed E-state index contributed by atoms with van der Waals surface area (Å²) >= 11 is 0. The Morgan fingerprint density at radius 3 is 2.69 bits per heavy atom. The van der Waals surface area contributed by atoms with E-state index in [4.69, 9.17) is 9.26 Å². The van der Waals surface area contributed by atoms with Crippen LogP contribution in [0.5, 0.6) is 0 Å². The zero-order valence-corrected chi connectivity index (χ0v) is 18.3. The standard InChI is InChI=1S/C22H22FN3O5S/c1-15-8-9-16(13-19(15)23)21-24-20(31-25-21)14-30-22(27)17-6-5-7-18(12-17)32(28,29)26-10-3-2-4-11-26/h5-9,12-13H,2-4,10-11,14H2,1H3. The Morgan fingerprint density at radius 1 is 1.16 bits per heavy atom. The van der Waals surface area contributed by atoms with Gasteiger partial charge in [-0.15, -0.1) is 0 Å². The third-order valence-corrected chi connectivity index (χ3v) is 7.14. The predicted molar refractivity (Wildman–Crippen MR) is 113 cm³/mol. The highest BCUT2D eigenvalue weighted by Gasteiger charge is 2.26. The second-order valence-corrected chi connectivity index (χ2v) is 9.48. The van der Waals surface area contributed by atoms with Crippen molar-refractivity contribution in [3.05, 3.63) is 65.3 Å². The van der Waals surface area contributed by atoms with Crippen molar-refractivity contribution in [2.75, 3.05) is 13.1 Å². The van der Waals surface area contributed by atoms with E-state index in [1.807, 2.05) is 0 Å². The Kier molecular flexibility index (Phi) is 6.33. The molecule has 0 atom stereocenters. The Bertz CT molecular complexity index is 1240. The predicted octanol–water partition coefficient (Wildman–Crippen LogP) is 3.72. The fraction of sp³-hybridized carbons (Fsp3) is 0.318. The van der Waals surface area contributed by atoms with E-state index >= 15 is 0 Å². The van der Waals surface area contributed by atoms with Crippen LogP contribution in [0.4, 0.5) is 4.39 Å². The van der Waals surface area contributed by atoms with Gasteiger partial charge in [-0.2, -0.15) is 9.29 Å². The molecule has 1 saturated heterocycles. The molecule has 168 valence electrons. The molecule has 3 aromatic rings. The molecule has 4 rings (SSSR count). The molecule has 0 radical (unpaired) electrons. The lowest BCUT2D eigenvalue weighted by atomic mass is 10.1. The summed E-state index contributed by atoms with van der Waals surface area (Å²) in [5, 5.41) is 3.78. The van der Waals surface area contributed by atoms with Gasteiger partial charge in [-0.3, -0.25) is 0 Å². The average molecular weight is 459 g/mol. The minimum Gasteiger partial charge on any atom is -0.452 e. The van der Waals surface area contributed by atoms with Crippen molar-refractivity contribution in [1.29, 1.82) is 0 Å². The SMILES string of the molecule is Cc1ccc(-c2noc(COC(=O)c3cccc(S(=O)(=O)N4CCCCC4)c3)n2)cc1F.